The molecule has 0 aliphatic carbocycles. The molecular weight excluding hydrogens is 286 g/mol. The Hall–Kier alpha value is -2.33. The van der Waals surface area contributed by atoms with Gasteiger partial charge in [0.05, 0.1) is 12.8 Å². The summed E-state index contributed by atoms with van der Waals surface area (Å²) < 4.78 is 5.37. The van der Waals surface area contributed by atoms with Gasteiger partial charge in [-0.3, -0.25) is 0 Å². The van der Waals surface area contributed by atoms with Crippen molar-refractivity contribution in [2.75, 3.05) is 12.4 Å². The maximum atomic E-state index is 6.09. The maximum Gasteiger partial charge on any atom is 0.161 e. The third-order valence-corrected chi connectivity index (χ3v) is 3.53. The molecule has 0 saturated carbocycles. The summed E-state index contributed by atoms with van der Waals surface area (Å²) >= 11 is 6.09. The second kappa shape index (κ2) is 5.58. The van der Waals surface area contributed by atoms with E-state index in [1.54, 1.807) is 7.11 Å². The molecule has 0 spiro atoms. The number of rotatable bonds is 3. The number of halogens is 1. The van der Waals surface area contributed by atoms with E-state index in [9.17, 15) is 0 Å². The molecule has 0 atom stereocenters. The first kappa shape index (κ1) is 13.6. The van der Waals surface area contributed by atoms with Crippen LogP contribution in [0.1, 0.15) is 5.56 Å². The van der Waals surface area contributed by atoms with E-state index in [-0.39, 0.29) is 0 Å². The molecule has 0 saturated heterocycles. The van der Waals surface area contributed by atoms with Crippen molar-refractivity contribution < 1.29 is 4.74 Å². The van der Waals surface area contributed by atoms with Gasteiger partial charge >= 0.3 is 0 Å². The summed E-state index contributed by atoms with van der Waals surface area (Å²) in [6, 6.07) is 13.7. The molecule has 2 aromatic carbocycles. The minimum atomic E-state index is 0.396. The van der Waals surface area contributed by atoms with Gasteiger partial charge in [-0.15, -0.1) is 10.2 Å². The number of anilines is 2. The van der Waals surface area contributed by atoms with E-state index >= 15 is 0 Å². The zero-order valence-corrected chi connectivity index (χ0v) is 12.5. The molecule has 1 aromatic heterocycles. The van der Waals surface area contributed by atoms with Gasteiger partial charge < -0.3 is 10.1 Å². The molecule has 0 aliphatic heterocycles. The van der Waals surface area contributed by atoms with Gasteiger partial charge in [0.15, 0.2) is 11.0 Å². The molecule has 106 valence electrons. The molecule has 5 heteroatoms. The lowest BCUT2D eigenvalue weighted by molar-refractivity contribution is 0.416. The summed E-state index contributed by atoms with van der Waals surface area (Å²) in [7, 11) is 1.64. The van der Waals surface area contributed by atoms with Crippen molar-refractivity contribution in [2.24, 2.45) is 0 Å². The van der Waals surface area contributed by atoms with Gasteiger partial charge in [-0.2, -0.15) is 0 Å². The van der Waals surface area contributed by atoms with Crippen LogP contribution in [0.25, 0.3) is 10.8 Å². The van der Waals surface area contributed by atoms with E-state index in [0.717, 1.165) is 27.8 Å². The fraction of sp³-hybridized carbons (Fsp3) is 0.125. The van der Waals surface area contributed by atoms with E-state index in [0.29, 0.717) is 11.0 Å². The largest absolute Gasteiger partial charge is 0.495 e. The normalized spacial score (nSPS) is 10.6. The van der Waals surface area contributed by atoms with Crippen LogP contribution in [0.15, 0.2) is 42.5 Å². The molecule has 0 unspecified atom stereocenters. The number of ether oxygens (including phenoxy) is 1. The zero-order chi connectivity index (χ0) is 14.8. The van der Waals surface area contributed by atoms with Crippen LogP contribution in [0.2, 0.25) is 5.15 Å². The molecule has 0 aliphatic rings. The van der Waals surface area contributed by atoms with Crippen molar-refractivity contribution in [1.29, 1.82) is 0 Å². The Bertz CT molecular complexity index is 805. The molecule has 0 fully saturated rings. The standard InChI is InChI=1S/C16H14ClN3O/c1-10-7-8-14(21-2)13(9-10)18-16-12-6-4-3-5-11(12)15(17)19-20-16/h3-9H,1-2H3,(H,18,20). The van der Waals surface area contributed by atoms with Crippen molar-refractivity contribution in [3.05, 3.63) is 53.2 Å². The predicted octanol–water partition coefficient (Wildman–Crippen LogP) is 4.34. The first-order chi connectivity index (χ1) is 10.2. The number of aryl methyl sites for hydroxylation is 1. The second-order valence-corrected chi connectivity index (χ2v) is 5.07. The summed E-state index contributed by atoms with van der Waals surface area (Å²) in [5.74, 6) is 1.40. The van der Waals surface area contributed by atoms with Crippen molar-refractivity contribution in [3.8, 4) is 5.75 Å². The van der Waals surface area contributed by atoms with Gasteiger partial charge in [0.2, 0.25) is 0 Å². The lowest BCUT2D eigenvalue weighted by atomic mass is 10.1. The molecule has 0 radical (unpaired) electrons. The summed E-state index contributed by atoms with van der Waals surface area (Å²) in [6.07, 6.45) is 0. The fourth-order valence-corrected chi connectivity index (χ4v) is 2.41. The predicted molar refractivity (Wildman–Crippen MR) is 85.6 cm³/mol. The van der Waals surface area contributed by atoms with Gasteiger partial charge in [-0.25, -0.2) is 0 Å². The zero-order valence-electron chi connectivity index (χ0n) is 11.7. The average Bonchev–Trinajstić information content (AvgIpc) is 2.51. The first-order valence-electron chi connectivity index (χ1n) is 6.51. The van der Waals surface area contributed by atoms with Crippen LogP contribution in [0.4, 0.5) is 11.5 Å². The van der Waals surface area contributed by atoms with Crippen LogP contribution >= 0.6 is 11.6 Å². The Kier molecular flexibility index (Phi) is 3.62. The van der Waals surface area contributed by atoms with Gasteiger partial charge in [-0.1, -0.05) is 41.9 Å². The highest BCUT2D eigenvalue weighted by Crippen LogP contribution is 2.32. The topological polar surface area (TPSA) is 47.0 Å². The van der Waals surface area contributed by atoms with E-state index in [1.807, 2.05) is 49.4 Å². The third-order valence-electron chi connectivity index (χ3n) is 3.25. The van der Waals surface area contributed by atoms with E-state index in [2.05, 4.69) is 15.5 Å². The summed E-state index contributed by atoms with van der Waals surface area (Å²) in [5, 5.41) is 13.6. The van der Waals surface area contributed by atoms with Crippen molar-refractivity contribution in [2.45, 2.75) is 6.92 Å². The monoisotopic (exact) mass is 299 g/mol. The Morgan fingerprint density at radius 3 is 2.57 bits per heavy atom. The van der Waals surface area contributed by atoms with Crippen LogP contribution in [-0.4, -0.2) is 17.3 Å². The summed E-state index contributed by atoms with van der Waals surface area (Å²) in [4.78, 5) is 0. The molecule has 3 rings (SSSR count). The number of fused-ring (bicyclic) bond motifs is 1. The third kappa shape index (κ3) is 2.62. The Balaban J connectivity index is 2.11. The van der Waals surface area contributed by atoms with Crippen molar-refractivity contribution in [1.82, 2.24) is 10.2 Å². The molecule has 0 bridgehead atoms. The lowest BCUT2D eigenvalue weighted by Gasteiger charge is -2.12. The molecule has 1 heterocycles. The van der Waals surface area contributed by atoms with Crippen LogP contribution < -0.4 is 10.1 Å². The van der Waals surface area contributed by atoms with Crippen LogP contribution in [0, 0.1) is 6.92 Å². The first-order valence-corrected chi connectivity index (χ1v) is 6.89. The van der Waals surface area contributed by atoms with Gasteiger partial charge in [0, 0.05) is 10.8 Å². The Labute approximate surface area is 127 Å². The van der Waals surface area contributed by atoms with E-state index in [4.69, 9.17) is 16.3 Å². The number of aromatic nitrogens is 2. The SMILES string of the molecule is COc1ccc(C)cc1Nc1nnc(Cl)c2ccccc12. The van der Waals surface area contributed by atoms with Gasteiger partial charge in [0.25, 0.3) is 0 Å². The number of nitrogens with zero attached hydrogens (tertiary/aromatic N) is 2. The quantitative estimate of drug-likeness (QED) is 0.781. The molecule has 1 N–H and O–H groups in total. The number of nitrogens with one attached hydrogen (secondary N) is 1. The van der Waals surface area contributed by atoms with Crippen LogP contribution in [-0.2, 0) is 0 Å². The molecule has 0 amide bonds. The van der Waals surface area contributed by atoms with E-state index in [1.165, 1.54) is 0 Å². The highest BCUT2D eigenvalue weighted by Gasteiger charge is 2.10. The Morgan fingerprint density at radius 1 is 1.05 bits per heavy atom. The lowest BCUT2D eigenvalue weighted by Crippen LogP contribution is -2.00. The number of hydrogen-bond donors (Lipinski definition) is 1. The molecular formula is C16H14ClN3O. The Morgan fingerprint density at radius 2 is 1.81 bits per heavy atom. The maximum absolute atomic E-state index is 6.09. The average molecular weight is 300 g/mol. The fourth-order valence-electron chi connectivity index (χ4n) is 2.21. The number of benzene rings is 2. The van der Waals surface area contributed by atoms with Crippen molar-refractivity contribution >= 4 is 33.9 Å². The molecule has 21 heavy (non-hydrogen) atoms. The van der Waals surface area contributed by atoms with Gasteiger partial charge in [-0.05, 0) is 24.6 Å². The van der Waals surface area contributed by atoms with Gasteiger partial charge in [0.1, 0.15) is 5.75 Å². The highest BCUT2D eigenvalue weighted by atomic mass is 35.5. The van der Waals surface area contributed by atoms with Crippen molar-refractivity contribution in [3.63, 3.8) is 0 Å². The summed E-state index contributed by atoms with van der Waals surface area (Å²) in [6.45, 7) is 2.02. The van der Waals surface area contributed by atoms with Crippen LogP contribution in [0.3, 0.4) is 0 Å². The smallest absolute Gasteiger partial charge is 0.161 e. The minimum Gasteiger partial charge on any atom is -0.495 e. The molecule has 4 nitrogen and oxygen atoms in total. The number of methoxy groups -OCH3 is 1. The molecule has 3 aromatic rings. The number of hydrogen-bond acceptors (Lipinski definition) is 4. The second-order valence-electron chi connectivity index (χ2n) is 4.71. The highest BCUT2D eigenvalue weighted by molar-refractivity contribution is 6.34. The van der Waals surface area contributed by atoms with E-state index < -0.39 is 0 Å². The summed E-state index contributed by atoms with van der Waals surface area (Å²) in [5.41, 5.74) is 1.98. The van der Waals surface area contributed by atoms with Crippen LogP contribution in [0.5, 0.6) is 5.75 Å². The minimum absolute atomic E-state index is 0.396.